The summed E-state index contributed by atoms with van der Waals surface area (Å²) in [6, 6.07) is 3.36. The maximum atomic E-state index is 11.6. The second-order valence-electron chi connectivity index (χ2n) is 3.71. The van der Waals surface area contributed by atoms with Crippen LogP contribution in [-0.2, 0) is 4.74 Å². The maximum Gasteiger partial charge on any atom is 0.341 e. The number of halogens is 2. The van der Waals surface area contributed by atoms with Gasteiger partial charge in [-0.25, -0.2) is 4.79 Å². The molecule has 0 bridgehead atoms. The van der Waals surface area contributed by atoms with Gasteiger partial charge in [0.15, 0.2) is 0 Å². The van der Waals surface area contributed by atoms with Crippen LogP contribution in [-0.4, -0.2) is 43.8 Å². The molecule has 0 saturated carbocycles. The topological polar surface area (TPSA) is 67.8 Å². The molecule has 0 aliphatic heterocycles. The minimum atomic E-state index is -0.635. The van der Waals surface area contributed by atoms with Crippen molar-refractivity contribution in [1.29, 1.82) is 0 Å². The van der Waals surface area contributed by atoms with Crippen molar-refractivity contribution in [2.75, 3.05) is 32.0 Å². The van der Waals surface area contributed by atoms with Crippen molar-refractivity contribution in [2.45, 2.75) is 6.10 Å². The van der Waals surface area contributed by atoms with Crippen LogP contribution in [0.15, 0.2) is 12.1 Å². The number of rotatable bonds is 6. The summed E-state index contributed by atoms with van der Waals surface area (Å²) >= 11 is 7.61. The fourth-order valence-corrected chi connectivity index (χ4v) is 2.18. The quantitative estimate of drug-likeness (QED) is 0.436. The van der Waals surface area contributed by atoms with Gasteiger partial charge in [0.2, 0.25) is 0 Å². The van der Waals surface area contributed by atoms with E-state index >= 15 is 0 Å². The van der Waals surface area contributed by atoms with E-state index in [1.807, 2.05) is 0 Å². The molecule has 2 N–H and O–H groups in total. The zero-order valence-electron chi connectivity index (χ0n) is 10.6. The van der Waals surface area contributed by atoms with Crippen molar-refractivity contribution in [3.8, 4) is 5.75 Å². The van der Waals surface area contributed by atoms with Gasteiger partial charge < -0.3 is 19.9 Å². The molecule has 0 amide bonds. The highest BCUT2D eigenvalue weighted by Crippen LogP contribution is 2.29. The van der Waals surface area contributed by atoms with Crippen LogP contribution in [0.25, 0.3) is 0 Å². The normalized spacial score (nSPS) is 11.8. The fraction of sp³-hybridized carbons (Fsp3) is 0.417. The van der Waals surface area contributed by atoms with Crippen LogP contribution in [0.4, 0.5) is 5.69 Å². The van der Waals surface area contributed by atoms with E-state index in [1.54, 1.807) is 12.1 Å². The lowest BCUT2D eigenvalue weighted by Crippen LogP contribution is -2.21. The van der Waals surface area contributed by atoms with Gasteiger partial charge in [0.05, 0.1) is 31.9 Å². The van der Waals surface area contributed by atoms with Crippen LogP contribution in [0.2, 0.25) is 0 Å². The first-order valence-corrected chi connectivity index (χ1v) is 7.08. The molecule has 1 aromatic carbocycles. The van der Waals surface area contributed by atoms with Crippen molar-refractivity contribution in [1.82, 2.24) is 0 Å². The van der Waals surface area contributed by atoms with E-state index < -0.39 is 12.1 Å². The highest BCUT2D eigenvalue weighted by molar-refractivity contribution is 14.1. The van der Waals surface area contributed by atoms with Crippen molar-refractivity contribution in [2.24, 2.45) is 0 Å². The van der Waals surface area contributed by atoms with Gasteiger partial charge >= 0.3 is 5.97 Å². The van der Waals surface area contributed by atoms with Gasteiger partial charge in [-0.2, -0.15) is 0 Å². The first-order valence-electron chi connectivity index (χ1n) is 5.47. The lowest BCUT2D eigenvalue weighted by Gasteiger charge is -2.14. The number of aliphatic hydroxyl groups is 1. The number of carbonyl (C=O) groups excluding carboxylic acids is 1. The number of benzene rings is 1. The van der Waals surface area contributed by atoms with Crippen molar-refractivity contribution in [3.05, 3.63) is 21.3 Å². The van der Waals surface area contributed by atoms with Gasteiger partial charge in [0.25, 0.3) is 0 Å². The van der Waals surface area contributed by atoms with Gasteiger partial charge in [-0.05, 0) is 28.7 Å². The molecule has 19 heavy (non-hydrogen) atoms. The van der Waals surface area contributed by atoms with E-state index in [1.165, 1.54) is 14.2 Å². The van der Waals surface area contributed by atoms with E-state index in [0.717, 1.165) is 9.26 Å². The summed E-state index contributed by atoms with van der Waals surface area (Å²) in [5, 5.41) is 12.5. The lowest BCUT2D eigenvalue weighted by atomic mass is 10.1. The molecule has 0 radical (unpaired) electrons. The molecule has 5 nitrogen and oxygen atoms in total. The monoisotopic (exact) mass is 399 g/mol. The predicted octanol–water partition coefficient (Wildman–Crippen LogP) is 2.10. The molecule has 7 heteroatoms. The molecular formula is C12H15ClINO4. The van der Waals surface area contributed by atoms with Gasteiger partial charge in [-0.15, -0.1) is 11.6 Å². The number of anilines is 1. The molecule has 1 atom stereocenters. The Labute approximate surface area is 130 Å². The molecule has 1 aromatic rings. The van der Waals surface area contributed by atoms with Gasteiger partial charge in [-0.1, -0.05) is 0 Å². The van der Waals surface area contributed by atoms with Crippen LogP contribution in [0.3, 0.4) is 0 Å². The van der Waals surface area contributed by atoms with Crippen LogP contribution >= 0.6 is 34.2 Å². The predicted molar refractivity (Wildman–Crippen MR) is 82.3 cm³/mol. The molecular weight excluding hydrogens is 384 g/mol. The molecule has 0 aliphatic carbocycles. The number of esters is 1. The minimum Gasteiger partial charge on any atom is -0.496 e. The Morgan fingerprint density at radius 2 is 2.21 bits per heavy atom. The number of hydrogen-bond acceptors (Lipinski definition) is 5. The summed E-state index contributed by atoms with van der Waals surface area (Å²) in [4.78, 5) is 11.6. The zero-order valence-corrected chi connectivity index (χ0v) is 13.5. The first-order chi connectivity index (χ1) is 9.03. The minimum absolute atomic E-state index is 0.154. The molecule has 1 unspecified atom stereocenters. The number of alkyl halides is 1. The molecule has 0 aliphatic rings. The number of carbonyl (C=O) groups is 1. The van der Waals surface area contributed by atoms with Gasteiger partial charge in [0.1, 0.15) is 11.3 Å². The second-order valence-corrected chi connectivity index (χ2v) is 5.18. The van der Waals surface area contributed by atoms with E-state index in [9.17, 15) is 9.90 Å². The third-order valence-electron chi connectivity index (χ3n) is 2.40. The van der Waals surface area contributed by atoms with E-state index in [4.69, 9.17) is 16.3 Å². The number of ether oxygens (including phenoxy) is 2. The smallest absolute Gasteiger partial charge is 0.341 e. The summed E-state index contributed by atoms with van der Waals surface area (Å²) < 4.78 is 10.7. The van der Waals surface area contributed by atoms with Gasteiger partial charge in [-0.3, -0.25) is 0 Å². The third-order valence-corrected chi connectivity index (χ3v) is 3.65. The Morgan fingerprint density at radius 1 is 1.53 bits per heavy atom. The second kappa shape index (κ2) is 7.76. The molecule has 1 rings (SSSR count). The van der Waals surface area contributed by atoms with Gasteiger partial charge in [0, 0.05) is 16.2 Å². The Balaban J connectivity index is 2.99. The summed E-state index contributed by atoms with van der Waals surface area (Å²) in [6.07, 6.45) is -0.635. The number of methoxy groups -OCH3 is 2. The Bertz CT molecular complexity index is 456. The SMILES string of the molecule is COC(=O)c1cc(I)c(NCC(O)CCl)cc1OC. The highest BCUT2D eigenvalue weighted by atomic mass is 127. The molecule has 0 fully saturated rings. The zero-order chi connectivity index (χ0) is 14.4. The number of aliphatic hydroxyl groups excluding tert-OH is 1. The summed E-state index contributed by atoms with van der Waals surface area (Å²) in [5.41, 5.74) is 1.12. The largest absolute Gasteiger partial charge is 0.496 e. The number of nitrogens with one attached hydrogen (secondary N) is 1. The summed E-state index contributed by atoms with van der Waals surface area (Å²) in [5.74, 6) is 0.110. The van der Waals surface area contributed by atoms with Crippen LogP contribution in [0.5, 0.6) is 5.75 Å². The highest BCUT2D eigenvalue weighted by Gasteiger charge is 2.16. The molecule has 0 saturated heterocycles. The summed E-state index contributed by atoms with van der Waals surface area (Å²) in [6.45, 7) is 0.320. The Morgan fingerprint density at radius 3 is 2.74 bits per heavy atom. The maximum absolute atomic E-state index is 11.6. The average Bonchev–Trinajstić information content (AvgIpc) is 2.44. The average molecular weight is 400 g/mol. The van der Waals surface area contributed by atoms with Crippen molar-refractivity contribution < 1.29 is 19.4 Å². The van der Waals surface area contributed by atoms with E-state index in [2.05, 4.69) is 32.6 Å². The van der Waals surface area contributed by atoms with Crippen LogP contribution in [0, 0.1) is 3.57 Å². The molecule has 106 valence electrons. The van der Waals surface area contributed by atoms with Crippen LogP contribution < -0.4 is 10.1 Å². The summed E-state index contributed by atoms with van der Waals surface area (Å²) in [7, 11) is 2.80. The third kappa shape index (κ3) is 4.39. The Hall–Kier alpha value is -0.730. The standard InChI is InChI=1S/C12H15ClINO4/c1-18-11-4-10(15-6-7(16)5-13)9(14)3-8(11)12(17)19-2/h3-4,7,15-16H,5-6H2,1-2H3. The fourth-order valence-electron chi connectivity index (χ4n) is 1.41. The lowest BCUT2D eigenvalue weighted by molar-refractivity contribution is 0.0597. The molecule has 0 aromatic heterocycles. The number of hydrogen-bond donors (Lipinski definition) is 2. The molecule has 0 heterocycles. The van der Waals surface area contributed by atoms with E-state index in [0.29, 0.717) is 17.9 Å². The van der Waals surface area contributed by atoms with Crippen molar-refractivity contribution >= 4 is 45.8 Å². The first kappa shape index (κ1) is 16.3. The van der Waals surface area contributed by atoms with E-state index in [-0.39, 0.29) is 5.88 Å². The molecule has 0 spiro atoms. The van der Waals surface area contributed by atoms with Crippen molar-refractivity contribution in [3.63, 3.8) is 0 Å². The van der Waals surface area contributed by atoms with Crippen LogP contribution in [0.1, 0.15) is 10.4 Å². The Kier molecular flexibility index (Phi) is 6.67.